The summed E-state index contributed by atoms with van der Waals surface area (Å²) in [7, 11) is 0. The molecule has 0 aliphatic rings. The predicted octanol–water partition coefficient (Wildman–Crippen LogP) is 13.1. The van der Waals surface area contributed by atoms with Gasteiger partial charge in [-0.1, -0.05) is 103 Å². The average molecular weight is 700 g/mol. The monoisotopic (exact) mass is 699 g/mol. The molecule has 8 aromatic carbocycles. The Bertz CT molecular complexity index is 3420. The second-order valence-electron chi connectivity index (χ2n) is 14.0. The van der Waals surface area contributed by atoms with Crippen LogP contribution in [0.3, 0.4) is 0 Å². The molecule has 0 N–H and O–H groups in total. The lowest BCUT2D eigenvalue weighted by molar-refractivity contribution is 1.15. The molecule has 0 fully saturated rings. The molecule has 3 aromatic heterocycles. The molecule has 0 radical (unpaired) electrons. The number of hydrogen-bond acceptors (Lipinski definition) is 1. The largest absolute Gasteiger partial charge is 0.309 e. The average Bonchev–Trinajstić information content (AvgIpc) is 3.89. The van der Waals surface area contributed by atoms with Gasteiger partial charge in [-0.25, -0.2) is 4.85 Å². The van der Waals surface area contributed by atoms with E-state index >= 15 is 0 Å². The quantitative estimate of drug-likeness (QED) is 0.169. The van der Waals surface area contributed by atoms with E-state index in [4.69, 9.17) is 6.57 Å². The summed E-state index contributed by atoms with van der Waals surface area (Å²) < 4.78 is 6.97. The molecule has 3 heterocycles. The van der Waals surface area contributed by atoms with Gasteiger partial charge in [0.05, 0.1) is 57.0 Å². The fraction of sp³-hybridized carbons (Fsp3) is 0. The molecule has 0 aliphatic carbocycles. The third kappa shape index (κ3) is 4.45. The van der Waals surface area contributed by atoms with Crippen LogP contribution in [0.15, 0.2) is 176 Å². The Morgan fingerprint density at radius 2 is 0.982 bits per heavy atom. The van der Waals surface area contributed by atoms with E-state index in [-0.39, 0.29) is 0 Å². The van der Waals surface area contributed by atoms with E-state index in [1.807, 2.05) is 42.5 Å². The topological polar surface area (TPSA) is 42.9 Å². The lowest BCUT2D eigenvalue weighted by Crippen LogP contribution is -1.99. The van der Waals surface area contributed by atoms with Crippen molar-refractivity contribution in [3.8, 4) is 34.3 Å². The van der Waals surface area contributed by atoms with Gasteiger partial charge in [0.25, 0.3) is 0 Å². The number of fused-ring (bicyclic) bond motifs is 9. The highest BCUT2D eigenvalue weighted by atomic mass is 15.0. The zero-order valence-electron chi connectivity index (χ0n) is 29.5. The van der Waals surface area contributed by atoms with Crippen molar-refractivity contribution in [3.63, 3.8) is 0 Å². The van der Waals surface area contributed by atoms with E-state index in [2.05, 4.69) is 158 Å². The highest BCUT2D eigenvalue weighted by molar-refractivity contribution is 6.13. The minimum Gasteiger partial charge on any atom is -0.309 e. The first-order valence-corrected chi connectivity index (χ1v) is 18.3. The van der Waals surface area contributed by atoms with Crippen LogP contribution in [0.4, 0.5) is 5.69 Å². The first-order valence-electron chi connectivity index (χ1n) is 18.3. The zero-order valence-corrected chi connectivity index (χ0v) is 29.5. The molecular weight excluding hydrogens is 671 g/mol. The molecule has 0 saturated carbocycles. The molecular formula is C50H29N5. The Kier molecular flexibility index (Phi) is 6.61. The van der Waals surface area contributed by atoms with Crippen LogP contribution in [0.1, 0.15) is 5.56 Å². The van der Waals surface area contributed by atoms with Gasteiger partial charge >= 0.3 is 0 Å². The maximum absolute atomic E-state index is 10.1. The van der Waals surface area contributed by atoms with Gasteiger partial charge in [0.1, 0.15) is 0 Å². The molecule has 55 heavy (non-hydrogen) atoms. The van der Waals surface area contributed by atoms with Crippen LogP contribution in [0.5, 0.6) is 0 Å². The zero-order chi connectivity index (χ0) is 36.6. The number of benzene rings is 8. The van der Waals surface area contributed by atoms with Gasteiger partial charge < -0.3 is 13.7 Å². The van der Waals surface area contributed by atoms with Crippen molar-refractivity contribution < 1.29 is 0 Å². The van der Waals surface area contributed by atoms with Crippen molar-refractivity contribution >= 4 is 71.1 Å². The number of rotatable bonds is 4. The molecule has 11 rings (SSSR count). The normalized spacial score (nSPS) is 11.6. The van der Waals surface area contributed by atoms with Crippen LogP contribution in [-0.4, -0.2) is 13.7 Å². The maximum Gasteiger partial charge on any atom is 0.188 e. The van der Waals surface area contributed by atoms with E-state index in [0.717, 1.165) is 61.0 Å². The summed E-state index contributed by atoms with van der Waals surface area (Å²) >= 11 is 0. The lowest BCUT2D eigenvalue weighted by atomic mass is 10.0. The van der Waals surface area contributed by atoms with Gasteiger partial charge in [-0.15, -0.1) is 0 Å². The predicted molar refractivity (Wildman–Crippen MR) is 226 cm³/mol. The Hall–Kier alpha value is -7.86. The van der Waals surface area contributed by atoms with E-state index in [1.54, 1.807) is 0 Å². The molecule has 0 amide bonds. The van der Waals surface area contributed by atoms with Crippen LogP contribution in [-0.2, 0) is 0 Å². The van der Waals surface area contributed by atoms with Crippen molar-refractivity contribution in [2.45, 2.75) is 0 Å². The molecule has 0 spiro atoms. The van der Waals surface area contributed by atoms with Gasteiger partial charge in [-0.3, -0.25) is 0 Å². The second-order valence-corrected chi connectivity index (χ2v) is 14.0. The summed E-state index contributed by atoms with van der Waals surface area (Å²) in [5.41, 5.74) is 12.7. The molecule has 254 valence electrons. The maximum atomic E-state index is 10.1. The standard InChI is InChI=1S/C50H29N5/c1-52-34-24-27-47(55-46-22-9-5-18-41(46)50-33(31-51)13-11-23-48(50)55)42(29-34)32-12-10-14-35(28-32)54-45-21-8-4-17-39(45)40-26-25-36(30-49(40)54)53-43-19-6-2-15-37(43)38-16-3-7-20-44(38)53/h2-30H. The summed E-state index contributed by atoms with van der Waals surface area (Å²) in [5, 5.41) is 16.9. The van der Waals surface area contributed by atoms with Crippen molar-refractivity contribution in [1.82, 2.24) is 13.7 Å². The minimum absolute atomic E-state index is 0.565. The van der Waals surface area contributed by atoms with Crippen LogP contribution in [0.25, 0.3) is 98.5 Å². The Labute approximate surface area is 316 Å². The van der Waals surface area contributed by atoms with Crippen LogP contribution in [0, 0.1) is 17.9 Å². The van der Waals surface area contributed by atoms with Crippen molar-refractivity contribution in [2.24, 2.45) is 0 Å². The summed E-state index contributed by atoms with van der Waals surface area (Å²) in [4.78, 5) is 3.85. The third-order valence-electron chi connectivity index (χ3n) is 11.1. The lowest BCUT2D eigenvalue weighted by Gasteiger charge is -2.16. The Balaban J connectivity index is 1.16. The minimum atomic E-state index is 0.565. The molecule has 5 nitrogen and oxygen atoms in total. The Morgan fingerprint density at radius 3 is 1.64 bits per heavy atom. The number of para-hydroxylation sites is 4. The van der Waals surface area contributed by atoms with Gasteiger partial charge in [0.15, 0.2) is 5.69 Å². The van der Waals surface area contributed by atoms with Gasteiger partial charge in [-0.05, 0) is 83.9 Å². The number of aromatic nitrogens is 3. The van der Waals surface area contributed by atoms with E-state index in [1.165, 1.54) is 32.6 Å². The summed E-state index contributed by atoms with van der Waals surface area (Å²) in [6, 6.07) is 63.8. The molecule has 0 atom stereocenters. The van der Waals surface area contributed by atoms with E-state index in [9.17, 15) is 5.26 Å². The fourth-order valence-corrected chi connectivity index (χ4v) is 8.78. The van der Waals surface area contributed by atoms with Crippen molar-refractivity contribution in [2.75, 3.05) is 0 Å². The molecule has 0 saturated heterocycles. The van der Waals surface area contributed by atoms with Crippen molar-refractivity contribution in [3.05, 3.63) is 193 Å². The summed E-state index contributed by atoms with van der Waals surface area (Å²) in [6.45, 7) is 7.96. The molecule has 0 unspecified atom stereocenters. The smallest absolute Gasteiger partial charge is 0.188 e. The van der Waals surface area contributed by atoms with Crippen LogP contribution in [0.2, 0.25) is 0 Å². The highest BCUT2D eigenvalue weighted by Gasteiger charge is 2.20. The fourth-order valence-electron chi connectivity index (χ4n) is 8.78. The van der Waals surface area contributed by atoms with Crippen molar-refractivity contribution in [1.29, 1.82) is 5.26 Å². The van der Waals surface area contributed by atoms with Crippen LogP contribution >= 0.6 is 0 Å². The van der Waals surface area contributed by atoms with Gasteiger partial charge in [0.2, 0.25) is 0 Å². The van der Waals surface area contributed by atoms with E-state index < -0.39 is 0 Å². The first kappa shape index (κ1) is 30.7. The summed E-state index contributed by atoms with van der Waals surface area (Å²) in [5.74, 6) is 0. The van der Waals surface area contributed by atoms with Gasteiger partial charge in [0, 0.05) is 43.7 Å². The van der Waals surface area contributed by atoms with Gasteiger partial charge in [-0.2, -0.15) is 5.26 Å². The number of nitrogens with zero attached hydrogens (tertiary/aromatic N) is 5. The van der Waals surface area contributed by atoms with Crippen LogP contribution < -0.4 is 0 Å². The molecule has 11 aromatic rings. The first-order chi connectivity index (χ1) is 27.2. The molecule has 5 heteroatoms. The Morgan fingerprint density at radius 1 is 0.436 bits per heavy atom. The number of nitriles is 1. The summed E-state index contributed by atoms with van der Waals surface area (Å²) in [6.07, 6.45) is 0. The number of hydrogen-bond donors (Lipinski definition) is 0. The molecule has 0 aliphatic heterocycles. The third-order valence-corrected chi connectivity index (χ3v) is 11.1. The SMILES string of the molecule is [C-]#[N+]c1ccc(-n2c3ccccc3c3c(C#N)cccc32)c(-c2cccc(-n3c4ccccc4c4ccc(-n5c6ccccc6c6ccccc65)cc43)c2)c1. The second kappa shape index (κ2) is 11.8. The molecule has 0 bridgehead atoms. The van der Waals surface area contributed by atoms with E-state index in [0.29, 0.717) is 11.3 Å². The highest BCUT2D eigenvalue weighted by Crippen LogP contribution is 2.41.